The Morgan fingerprint density at radius 3 is 3.06 bits per heavy atom. The average Bonchev–Trinajstić information content (AvgIpc) is 2.78. The molecule has 1 aromatic rings. The highest BCUT2D eigenvalue weighted by molar-refractivity contribution is 5.79. The Kier molecular flexibility index (Phi) is 6.82. The summed E-state index contributed by atoms with van der Waals surface area (Å²) in [5.41, 5.74) is 3.73. The standard InChI is InChI=1S/C11H22N6O/c1-17-9-10(8-15-17)4-6-14-11(16-12)13-5-3-7-18-2/h8-9H,3-7,12H2,1-2H3,(H2,13,14,16). The number of methoxy groups -OCH3 is 1. The van der Waals surface area contributed by atoms with E-state index in [4.69, 9.17) is 10.6 Å². The van der Waals surface area contributed by atoms with Crippen molar-refractivity contribution in [3.8, 4) is 0 Å². The first kappa shape index (κ1) is 14.5. The Morgan fingerprint density at radius 2 is 2.44 bits per heavy atom. The van der Waals surface area contributed by atoms with Crippen molar-refractivity contribution in [2.24, 2.45) is 17.9 Å². The molecule has 0 radical (unpaired) electrons. The van der Waals surface area contributed by atoms with E-state index in [2.05, 4.69) is 20.8 Å². The van der Waals surface area contributed by atoms with Crippen molar-refractivity contribution in [2.75, 3.05) is 26.8 Å². The number of nitrogens with zero attached hydrogens (tertiary/aromatic N) is 3. The Balaban J connectivity index is 2.22. The van der Waals surface area contributed by atoms with Gasteiger partial charge >= 0.3 is 0 Å². The summed E-state index contributed by atoms with van der Waals surface area (Å²) in [6, 6.07) is 0. The van der Waals surface area contributed by atoms with Crippen molar-refractivity contribution in [1.82, 2.24) is 20.5 Å². The number of ether oxygens (including phenoxy) is 1. The summed E-state index contributed by atoms with van der Waals surface area (Å²) in [6.45, 7) is 2.16. The van der Waals surface area contributed by atoms with Crippen molar-refractivity contribution in [2.45, 2.75) is 12.8 Å². The van der Waals surface area contributed by atoms with E-state index in [1.54, 1.807) is 11.8 Å². The van der Waals surface area contributed by atoms with Gasteiger partial charge in [0.1, 0.15) is 0 Å². The first-order valence-corrected chi connectivity index (χ1v) is 5.97. The number of hydrogen-bond donors (Lipinski definition) is 3. The molecule has 0 bridgehead atoms. The molecular weight excluding hydrogens is 232 g/mol. The largest absolute Gasteiger partial charge is 0.385 e. The molecule has 0 unspecified atom stereocenters. The Hall–Kier alpha value is -1.60. The van der Waals surface area contributed by atoms with Crippen molar-refractivity contribution >= 4 is 5.96 Å². The molecule has 7 nitrogen and oxygen atoms in total. The van der Waals surface area contributed by atoms with E-state index in [1.807, 2.05) is 19.4 Å². The van der Waals surface area contributed by atoms with Crippen LogP contribution in [-0.4, -0.2) is 42.5 Å². The number of nitrogens with one attached hydrogen (secondary N) is 2. The van der Waals surface area contributed by atoms with Crippen molar-refractivity contribution in [3.05, 3.63) is 18.0 Å². The minimum atomic E-state index is 0.606. The fourth-order valence-corrected chi connectivity index (χ4v) is 1.48. The van der Waals surface area contributed by atoms with Crippen molar-refractivity contribution in [3.63, 3.8) is 0 Å². The predicted molar refractivity (Wildman–Crippen MR) is 71.0 cm³/mol. The van der Waals surface area contributed by atoms with Crippen LogP contribution in [0.3, 0.4) is 0 Å². The van der Waals surface area contributed by atoms with Gasteiger partial charge in [-0.1, -0.05) is 0 Å². The monoisotopic (exact) mass is 254 g/mol. The van der Waals surface area contributed by atoms with Gasteiger partial charge in [0.25, 0.3) is 0 Å². The zero-order chi connectivity index (χ0) is 13.2. The van der Waals surface area contributed by atoms with E-state index >= 15 is 0 Å². The van der Waals surface area contributed by atoms with Gasteiger partial charge in [0.2, 0.25) is 5.96 Å². The zero-order valence-electron chi connectivity index (χ0n) is 11.0. The lowest BCUT2D eigenvalue weighted by molar-refractivity contribution is 0.197. The number of rotatable bonds is 7. The van der Waals surface area contributed by atoms with Gasteiger partial charge < -0.3 is 10.1 Å². The van der Waals surface area contributed by atoms with Crippen LogP contribution in [0.2, 0.25) is 0 Å². The third-order valence-electron chi connectivity index (χ3n) is 2.38. The van der Waals surface area contributed by atoms with Gasteiger partial charge in [-0.25, -0.2) is 5.84 Å². The third kappa shape index (κ3) is 5.65. The Bertz CT molecular complexity index is 362. The molecule has 4 N–H and O–H groups in total. The molecule has 0 atom stereocenters. The second kappa shape index (κ2) is 8.48. The van der Waals surface area contributed by atoms with E-state index in [-0.39, 0.29) is 0 Å². The third-order valence-corrected chi connectivity index (χ3v) is 2.38. The molecule has 0 aromatic carbocycles. The van der Waals surface area contributed by atoms with E-state index in [9.17, 15) is 0 Å². The number of nitrogens with two attached hydrogens (primary N) is 1. The van der Waals surface area contributed by atoms with Gasteiger partial charge in [0, 0.05) is 40.1 Å². The van der Waals surface area contributed by atoms with Crippen LogP contribution < -0.4 is 16.6 Å². The van der Waals surface area contributed by atoms with Crippen LogP contribution in [0.15, 0.2) is 17.4 Å². The number of hydrogen-bond acceptors (Lipinski definition) is 4. The van der Waals surface area contributed by atoms with Crippen molar-refractivity contribution < 1.29 is 4.74 Å². The molecule has 1 aromatic heterocycles. The van der Waals surface area contributed by atoms with Crippen molar-refractivity contribution in [1.29, 1.82) is 0 Å². The molecule has 18 heavy (non-hydrogen) atoms. The molecule has 0 aliphatic carbocycles. The lowest BCUT2D eigenvalue weighted by atomic mass is 10.2. The molecule has 0 aliphatic heterocycles. The molecular formula is C11H22N6O. The van der Waals surface area contributed by atoms with Crippen LogP contribution in [0.25, 0.3) is 0 Å². The minimum Gasteiger partial charge on any atom is -0.385 e. The number of hydrazine groups is 1. The normalized spacial score (nSPS) is 11.6. The SMILES string of the molecule is COCCCN=C(NN)NCCc1cnn(C)c1. The van der Waals surface area contributed by atoms with Gasteiger partial charge in [-0.3, -0.25) is 15.1 Å². The number of aryl methyl sites for hydroxylation is 1. The number of aromatic nitrogens is 2. The topological polar surface area (TPSA) is 89.5 Å². The maximum atomic E-state index is 5.38. The van der Waals surface area contributed by atoms with Crippen LogP contribution in [-0.2, 0) is 18.2 Å². The average molecular weight is 254 g/mol. The Labute approximate surface area is 107 Å². The molecule has 1 rings (SSSR count). The van der Waals surface area contributed by atoms with E-state index in [0.717, 1.165) is 19.4 Å². The summed E-state index contributed by atoms with van der Waals surface area (Å²) in [6.07, 6.45) is 5.61. The van der Waals surface area contributed by atoms with Crippen LogP contribution in [0.5, 0.6) is 0 Å². The number of guanidine groups is 1. The first-order chi connectivity index (χ1) is 8.76. The predicted octanol–water partition coefficient (Wildman–Crippen LogP) is -0.592. The first-order valence-electron chi connectivity index (χ1n) is 5.97. The number of aliphatic imine (C=N–C) groups is 1. The highest BCUT2D eigenvalue weighted by atomic mass is 16.5. The highest BCUT2D eigenvalue weighted by Crippen LogP contribution is 1.95. The summed E-state index contributed by atoms with van der Waals surface area (Å²) < 4.78 is 6.74. The van der Waals surface area contributed by atoms with Gasteiger partial charge in [-0.2, -0.15) is 5.10 Å². The second-order valence-electron chi connectivity index (χ2n) is 3.92. The molecule has 0 fully saturated rings. The van der Waals surface area contributed by atoms with Crippen LogP contribution >= 0.6 is 0 Å². The quantitative estimate of drug-likeness (QED) is 0.199. The fraction of sp³-hybridized carbons (Fsp3) is 0.636. The maximum Gasteiger partial charge on any atom is 0.205 e. The summed E-state index contributed by atoms with van der Waals surface area (Å²) in [4.78, 5) is 4.28. The van der Waals surface area contributed by atoms with Crippen LogP contribution in [0.4, 0.5) is 0 Å². The highest BCUT2D eigenvalue weighted by Gasteiger charge is 1.98. The van der Waals surface area contributed by atoms with E-state index in [0.29, 0.717) is 19.1 Å². The fourth-order valence-electron chi connectivity index (χ4n) is 1.48. The lowest BCUT2D eigenvalue weighted by Gasteiger charge is -2.08. The molecule has 7 heteroatoms. The molecule has 0 saturated carbocycles. The van der Waals surface area contributed by atoms with Crippen LogP contribution in [0, 0.1) is 0 Å². The maximum absolute atomic E-state index is 5.38. The smallest absolute Gasteiger partial charge is 0.205 e. The van der Waals surface area contributed by atoms with Crippen LogP contribution in [0.1, 0.15) is 12.0 Å². The van der Waals surface area contributed by atoms with E-state index in [1.165, 1.54) is 5.56 Å². The van der Waals surface area contributed by atoms with E-state index < -0.39 is 0 Å². The second-order valence-corrected chi connectivity index (χ2v) is 3.92. The van der Waals surface area contributed by atoms with Gasteiger partial charge in [0.15, 0.2) is 0 Å². The summed E-state index contributed by atoms with van der Waals surface area (Å²) >= 11 is 0. The minimum absolute atomic E-state index is 0.606. The lowest BCUT2D eigenvalue weighted by Crippen LogP contribution is -2.42. The molecule has 0 aliphatic rings. The Morgan fingerprint density at radius 1 is 1.61 bits per heavy atom. The van der Waals surface area contributed by atoms with Gasteiger partial charge in [-0.15, -0.1) is 0 Å². The molecule has 0 saturated heterocycles. The van der Waals surface area contributed by atoms with Gasteiger partial charge in [-0.05, 0) is 18.4 Å². The molecule has 1 heterocycles. The molecule has 102 valence electrons. The molecule has 0 amide bonds. The molecule has 0 spiro atoms. The zero-order valence-corrected chi connectivity index (χ0v) is 11.0. The summed E-state index contributed by atoms with van der Waals surface area (Å²) in [5.74, 6) is 5.99. The summed E-state index contributed by atoms with van der Waals surface area (Å²) in [5, 5.41) is 7.25. The van der Waals surface area contributed by atoms with Gasteiger partial charge in [0.05, 0.1) is 6.20 Å². The summed E-state index contributed by atoms with van der Waals surface area (Å²) in [7, 11) is 3.58.